The first kappa shape index (κ1) is 21.1. The summed E-state index contributed by atoms with van der Waals surface area (Å²) in [5, 5.41) is 0. The standard InChI is InChI=1S/C22H28N2O2S2/c1-2-17-9-11-18(12-10-17)16-19-21(26)24(22(27)28-19)15-7-8-20(25)23-13-5-3-4-6-14-23/h9-12,16H,2-8,13-15H2,1H3/b19-16-. The first-order valence-corrected chi connectivity index (χ1v) is 11.4. The molecule has 2 aliphatic heterocycles. The van der Waals surface area contributed by atoms with Crippen molar-refractivity contribution in [1.82, 2.24) is 9.80 Å². The fourth-order valence-electron chi connectivity index (χ4n) is 3.56. The van der Waals surface area contributed by atoms with Crippen LogP contribution >= 0.6 is 24.0 Å². The molecule has 2 aliphatic rings. The van der Waals surface area contributed by atoms with Crippen LogP contribution in [0.5, 0.6) is 0 Å². The maximum absolute atomic E-state index is 12.7. The number of amides is 2. The Balaban J connectivity index is 1.53. The van der Waals surface area contributed by atoms with Crippen LogP contribution in [0, 0.1) is 0 Å². The van der Waals surface area contributed by atoms with Gasteiger partial charge in [-0.15, -0.1) is 0 Å². The van der Waals surface area contributed by atoms with Gasteiger partial charge in [-0.1, -0.05) is 68.0 Å². The summed E-state index contributed by atoms with van der Waals surface area (Å²) < 4.78 is 0.587. The molecule has 0 atom stereocenters. The van der Waals surface area contributed by atoms with E-state index >= 15 is 0 Å². The van der Waals surface area contributed by atoms with Gasteiger partial charge in [-0.2, -0.15) is 0 Å². The lowest BCUT2D eigenvalue weighted by molar-refractivity contribution is -0.131. The molecule has 0 bridgehead atoms. The number of thiocarbonyl (C=S) groups is 1. The van der Waals surface area contributed by atoms with Crippen LogP contribution in [-0.4, -0.2) is 45.6 Å². The fourth-order valence-corrected chi connectivity index (χ4v) is 4.87. The van der Waals surface area contributed by atoms with E-state index in [9.17, 15) is 9.59 Å². The van der Waals surface area contributed by atoms with Crippen LogP contribution < -0.4 is 0 Å². The molecule has 0 spiro atoms. The van der Waals surface area contributed by atoms with Crippen molar-refractivity contribution in [2.75, 3.05) is 19.6 Å². The highest BCUT2D eigenvalue weighted by atomic mass is 32.2. The number of nitrogens with zero attached hydrogens (tertiary/aromatic N) is 2. The van der Waals surface area contributed by atoms with Crippen LogP contribution in [0.25, 0.3) is 6.08 Å². The van der Waals surface area contributed by atoms with Gasteiger partial charge >= 0.3 is 0 Å². The Labute approximate surface area is 177 Å². The van der Waals surface area contributed by atoms with Crippen molar-refractivity contribution >= 4 is 46.2 Å². The van der Waals surface area contributed by atoms with Gasteiger partial charge in [-0.3, -0.25) is 14.5 Å². The number of rotatable bonds is 6. The van der Waals surface area contributed by atoms with Crippen LogP contribution in [-0.2, 0) is 16.0 Å². The summed E-state index contributed by atoms with van der Waals surface area (Å²) in [6, 6.07) is 8.23. The number of carbonyl (C=O) groups is 2. The van der Waals surface area contributed by atoms with Crippen molar-refractivity contribution in [3.8, 4) is 0 Å². The van der Waals surface area contributed by atoms with Crippen molar-refractivity contribution in [2.24, 2.45) is 0 Å². The molecular formula is C22H28N2O2S2. The summed E-state index contributed by atoms with van der Waals surface area (Å²) in [6.45, 7) is 4.38. The number of hydrogen-bond acceptors (Lipinski definition) is 4. The highest BCUT2D eigenvalue weighted by molar-refractivity contribution is 8.26. The van der Waals surface area contributed by atoms with Crippen molar-refractivity contribution in [3.05, 3.63) is 40.3 Å². The largest absolute Gasteiger partial charge is 0.343 e. The molecular weight excluding hydrogens is 388 g/mol. The second-order valence-corrected chi connectivity index (χ2v) is 9.00. The Morgan fingerprint density at radius 1 is 1.14 bits per heavy atom. The minimum Gasteiger partial charge on any atom is -0.343 e. The van der Waals surface area contributed by atoms with E-state index in [2.05, 4.69) is 19.1 Å². The first-order valence-electron chi connectivity index (χ1n) is 10.2. The molecule has 150 valence electrons. The molecule has 0 aliphatic carbocycles. The van der Waals surface area contributed by atoms with Crippen molar-refractivity contribution in [3.63, 3.8) is 0 Å². The van der Waals surface area contributed by atoms with Crippen molar-refractivity contribution in [1.29, 1.82) is 0 Å². The number of hydrogen-bond donors (Lipinski definition) is 0. The highest BCUT2D eigenvalue weighted by Gasteiger charge is 2.31. The van der Waals surface area contributed by atoms with Gasteiger partial charge in [0.25, 0.3) is 5.91 Å². The molecule has 0 aromatic heterocycles. The molecule has 1 aromatic carbocycles. The van der Waals surface area contributed by atoms with Crippen LogP contribution in [0.3, 0.4) is 0 Å². The molecule has 1 aromatic rings. The predicted molar refractivity (Wildman–Crippen MR) is 120 cm³/mol. The maximum Gasteiger partial charge on any atom is 0.266 e. The van der Waals surface area contributed by atoms with E-state index in [0.29, 0.717) is 28.6 Å². The average molecular weight is 417 g/mol. The summed E-state index contributed by atoms with van der Waals surface area (Å²) in [7, 11) is 0. The Hall–Kier alpha value is -1.66. The van der Waals surface area contributed by atoms with Crippen LogP contribution in [0.4, 0.5) is 0 Å². The first-order chi connectivity index (χ1) is 13.6. The lowest BCUT2D eigenvalue weighted by Crippen LogP contribution is -2.33. The third kappa shape index (κ3) is 5.45. The van der Waals surface area contributed by atoms with Crippen LogP contribution in [0.2, 0.25) is 0 Å². The smallest absolute Gasteiger partial charge is 0.266 e. The van der Waals surface area contributed by atoms with E-state index in [1.807, 2.05) is 23.1 Å². The molecule has 0 saturated carbocycles. The monoisotopic (exact) mass is 416 g/mol. The number of aryl methyl sites for hydroxylation is 1. The van der Waals surface area contributed by atoms with E-state index < -0.39 is 0 Å². The van der Waals surface area contributed by atoms with E-state index in [-0.39, 0.29) is 11.8 Å². The van der Waals surface area contributed by atoms with Gasteiger partial charge < -0.3 is 4.90 Å². The molecule has 0 N–H and O–H groups in total. The summed E-state index contributed by atoms with van der Waals surface area (Å²) in [4.78, 5) is 29.4. The molecule has 0 unspecified atom stereocenters. The van der Waals surface area contributed by atoms with Gasteiger partial charge in [-0.05, 0) is 42.9 Å². The lowest BCUT2D eigenvalue weighted by atomic mass is 10.1. The zero-order valence-electron chi connectivity index (χ0n) is 16.5. The molecule has 2 fully saturated rings. The highest BCUT2D eigenvalue weighted by Crippen LogP contribution is 2.32. The third-order valence-corrected chi connectivity index (χ3v) is 6.67. The van der Waals surface area contributed by atoms with E-state index in [0.717, 1.165) is 37.9 Å². The number of carbonyl (C=O) groups excluding carboxylic acids is 2. The summed E-state index contributed by atoms with van der Waals surface area (Å²) >= 11 is 6.75. The second kappa shape index (κ2) is 10.2. The molecule has 28 heavy (non-hydrogen) atoms. The molecule has 2 saturated heterocycles. The van der Waals surface area contributed by atoms with Crippen LogP contribution in [0.15, 0.2) is 29.2 Å². The Kier molecular flexibility index (Phi) is 7.68. The zero-order chi connectivity index (χ0) is 19.9. The van der Waals surface area contributed by atoms with Gasteiger partial charge in [0.15, 0.2) is 0 Å². The molecule has 0 radical (unpaired) electrons. The van der Waals surface area contributed by atoms with Gasteiger partial charge in [0, 0.05) is 26.1 Å². The second-order valence-electron chi connectivity index (χ2n) is 7.33. The summed E-state index contributed by atoms with van der Waals surface area (Å²) in [5.41, 5.74) is 2.29. The summed E-state index contributed by atoms with van der Waals surface area (Å²) in [5.74, 6) is 0.163. The lowest BCUT2D eigenvalue weighted by Gasteiger charge is -2.21. The Morgan fingerprint density at radius 3 is 2.46 bits per heavy atom. The molecule has 3 rings (SSSR count). The minimum absolute atomic E-state index is 0.0446. The van der Waals surface area contributed by atoms with Crippen molar-refractivity contribution in [2.45, 2.75) is 51.9 Å². The number of benzene rings is 1. The normalized spacial score (nSPS) is 19.4. The van der Waals surface area contributed by atoms with Gasteiger partial charge in [-0.25, -0.2) is 0 Å². The van der Waals surface area contributed by atoms with Crippen molar-refractivity contribution < 1.29 is 9.59 Å². The zero-order valence-corrected chi connectivity index (χ0v) is 18.1. The SMILES string of the molecule is CCc1ccc(/C=C2\SC(=S)N(CCCC(=O)N3CCCCCC3)C2=O)cc1. The average Bonchev–Trinajstić information content (AvgIpc) is 2.90. The third-order valence-electron chi connectivity index (χ3n) is 5.29. The maximum atomic E-state index is 12.7. The predicted octanol–water partition coefficient (Wildman–Crippen LogP) is 4.63. The molecule has 6 heteroatoms. The Morgan fingerprint density at radius 2 is 1.82 bits per heavy atom. The molecule has 4 nitrogen and oxygen atoms in total. The number of likely N-dealkylation sites (tertiary alicyclic amines) is 1. The van der Waals surface area contributed by atoms with Crippen LogP contribution in [0.1, 0.15) is 56.6 Å². The van der Waals surface area contributed by atoms with E-state index in [4.69, 9.17) is 12.2 Å². The van der Waals surface area contributed by atoms with E-state index in [1.165, 1.54) is 30.2 Å². The number of thioether (sulfide) groups is 1. The molecule has 2 heterocycles. The van der Waals surface area contributed by atoms with E-state index in [1.54, 1.807) is 4.90 Å². The van der Waals surface area contributed by atoms with Gasteiger partial charge in [0.05, 0.1) is 4.91 Å². The quantitative estimate of drug-likeness (QED) is 0.501. The van der Waals surface area contributed by atoms with Gasteiger partial charge in [0.1, 0.15) is 4.32 Å². The fraction of sp³-hybridized carbons (Fsp3) is 0.500. The molecule has 2 amide bonds. The Bertz CT molecular complexity index is 750. The minimum atomic E-state index is -0.0446. The summed E-state index contributed by atoms with van der Waals surface area (Å²) in [6.07, 6.45) is 8.67. The topological polar surface area (TPSA) is 40.6 Å². The van der Waals surface area contributed by atoms with Gasteiger partial charge in [0.2, 0.25) is 5.91 Å².